The molecule has 4 rings (SSSR count). The van der Waals surface area contributed by atoms with E-state index in [1.165, 1.54) is 12.0 Å². The molecule has 0 heterocycles. The molecule has 0 amide bonds. The van der Waals surface area contributed by atoms with Gasteiger partial charge in [-0.2, -0.15) is 0 Å². The average molecular weight is 455 g/mol. The van der Waals surface area contributed by atoms with Crippen molar-refractivity contribution >= 4 is 12.1 Å². The first-order valence-corrected chi connectivity index (χ1v) is 12.3. The maximum absolute atomic E-state index is 12.8. The summed E-state index contributed by atoms with van der Waals surface area (Å²) >= 11 is 0. The Labute approximate surface area is 196 Å². The van der Waals surface area contributed by atoms with Crippen molar-refractivity contribution in [3.63, 3.8) is 0 Å². The van der Waals surface area contributed by atoms with E-state index in [-0.39, 0.29) is 46.1 Å². The highest BCUT2D eigenvalue weighted by Crippen LogP contribution is 2.73. The normalized spacial score (nSPS) is 30.1. The monoisotopic (exact) mass is 454 g/mol. The maximum atomic E-state index is 12.8. The summed E-state index contributed by atoms with van der Waals surface area (Å²) < 4.78 is 0. The van der Waals surface area contributed by atoms with Crippen LogP contribution in [-0.2, 0) is 6.42 Å². The Morgan fingerprint density at radius 2 is 1.76 bits per heavy atom. The highest BCUT2D eigenvalue weighted by atomic mass is 16.3. The molecule has 180 valence electrons. The minimum Gasteiger partial charge on any atom is -0.507 e. The molecule has 1 aromatic rings. The molecule has 3 aliphatic rings. The number of allylic oxidation sites excluding steroid dienone is 2. The molecule has 0 saturated heterocycles. The van der Waals surface area contributed by atoms with Crippen LogP contribution in [0.5, 0.6) is 17.2 Å². The van der Waals surface area contributed by atoms with Crippen molar-refractivity contribution in [2.24, 2.45) is 34.5 Å². The standard InChI is InChI=1S/C28H38O5/c1-14(2)11-20(30)21-25(32)17(24(31)18(13-29)26(21)33)12-16-8-7-15(3)22-23-19(27(23,4)5)9-10-28(16,22)6/h13-14,16,19,23,31-33H,7-12H2,1-6H3/t16-,19-,23-,28-/m1/s1. The maximum Gasteiger partial charge on any atom is 0.170 e. The largest absolute Gasteiger partial charge is 0.507 e. The molecular weight excluding hydrogens is 416 g/mol. The van der Waals surface area contributed by atoms with Gasteiger partial charge in [0.25, 0.3) is 0 Å². The van der Waals surface area contributed by atoms with Crippen molar-refractivity contribution in [2.75, 3.05) is 0 Å². The molecule has 4 atom stereocenters. The van der Waals surface area contributed by atoms with Crippen LogP contribution in [0.2, 0.25) is 0 Å². The summed E-state index contributed by atoms with van der Waals surface area (Å²) in [5.41, 5.74) is 2.98. The number of ketones is 1. The van der Waals surface area contributed by atoms with Gasteiger partial charge in [-0.3, -0.25) is 9.59 Å². The number of hydrogen-bond donors (Lipinski definition) is 3. The lowest BCUT2D eigenvalue weighted by Gasteiger charge is -2.47. The Morgan fingerprint density at radius 3 is 2.36 bits per heavy atom. The molecule has 5 nitrogen and oxygen atoms in total. The number of Topliss-reactive ketones (excluding diaryl/α,β-unsaturated/α-hetero) is 1. The van der Waals surface area contributed by atoms with Gasteiger partial charge < -0.3 is 15.3 Å². The SMILES string of the molecule is CC1=C2[C@H]3[C@@H](CC[C@]2(C)[C@@H](Cc2c(O)c(C=O)c(O)c(C(=O)CC(C)C)c2O)CC1)C3(C)C. The number of aldehydes is 1. The molecule has 0 aliphatic heterocycles. The Bertz CT molecular complexity index is 1050. The molecule has 2 fully saturated rings. The fourth-order valence-electron chi connectivity index (χ4n) is 7.22. The Balaban J connectivity index is 1.77. The van der Waals surface area contributed by atoms with Gasteiger partial charge in [0.2, 0.25) is 0 Å². The fraction of sp³-hybridized carbons (Fsp3) is 0.643. The lowest BCUT2D eigenvalue weighted by Crippen LogP contribution is -2.38. The zero-order valence-electron chi connectivity index (χ0n) is 20.8. The van der Waals surface area contributed by atoms with Crippen LogP contribution >= 0.6 is 0 Å². The molecule has 1 aromatic carbocycles. The van der Waals surface area contributed by atoms with Crippen molar-refractivity contribution < 1.29 is 24.9 Å². The fourth-order valence-corrected chi connectivity index (χ4v) is 7.22. The highest BCUT2D eigenvalue weighted by Gasteiger charge is 2.65. The van der Waals surface area contributed by atoms with Crippen LogP contribution in [0.25, 0.3) is 0 Å². The van der Waals surface area contributed by atoms with Gasteiger partial charge in [-0.05, 0) is 73.5 Å². The second kappa shape index (κ2) is 7.89. The Kier molecular flexibility index (Phi) is 5.70. The van der Waals surface area contributed by atoms with Crippen LogP contribution in [0.15, 0.2) is 11.1 Å². The smallest absolute Gasteiger partial charge is 0.170 e. The molecule has 0 radical (unpaired) electrons. The summed E-state index contributed by atoms with van der Waals surface area (Å²) in [6, 6.07) is 0. The van der Waals surface area contributed by atoms with E-state index in [0.717, 1.165) is 25.2 Å². The van der Waals surface area contributed by atoms with Crippen LogP contribution < -0.4 is 0 Å². The molecule has 2 saturated carbocycles. The predicted octanol–water partition coefficient (Wildman–Crippen LogP) is 6.19. The number of fused-ring (bicyclic) bond motifs is 3. The van der Waals surface area contributed by atoms with Gasteiger partial charge in [-0.25, -0.2) is 0 Å². The molecule has 0 aromatic heterocycles. The second-order valence-electron chi connectivity index (χ2n) is 11.9. The molecular formula is C28H38O5. The summed E-state index contributed by atoms with van der Waals surface area (Å²) in [5.74, 6) is -0.310. The topological polar surface area (TPSA) is 94.8 Å². The summed E-state index contributed by atoms with van der Waals surface area (Å²) in [6.45, 7) is 13.0. The molecule has 0 bridgehead atoms. The summed E-state index contributed by atoms with van der Waals surface area (Å²) in [4.78, 5) is 24.6. The number of benzene rings is 1. The third-order valence-electron chi connectivity index (χ3n) is 9.18. The van der Waals surface area contributed by atoms with Gasteiger partial charge in [0, 0.05) is 12.0 Å². The van der Waals surface area contributed by atoms with E-state index in [1.807, 2.05) is 13.8 Å². The van der Waals surface area contributed by atoms with Crippen LogP contribution in [0.4, 0.5) is 0 Å². The van der Waals surface area contributed by atoms with Crippen LogP contribution in [0.1, 0.15) is 99.9 Å². The van der Waals surface area contributed by atoms with Gasteiger partial charge in [0.05, 0.1) is 5.56 Å². The van der Waals surface area contributed by atoms with E-state index in [4.69, 9.17) is 0 Å². The van der Waals surface area contributed by atoms with Crippen molar-refractivity contribution in [1.29, 1.82) is 0 Å². The van der Waals surface area contributed by atoms with Gasteiger partial charge in [-0.1, -0.05) is 45.8 Å². The van der Waals surface area contributed by atoms with E-state index < -0.39 is 17.3 Å². The zero-order chi connectivity index (χ0) is 24.5. The van der Waals surface area contributed by atoms with E-state index in [0.29, 0.717) is 24.0 Å². The van der Waals surface area contributed by atoms with Gasteiger partial charge >= 0.3 is 0 Å². The first-order chi connectivity index (χ1) is 15.4. The number of aromatic hydroxyl groups is 3. The minimum atomic E-state index is -0.624. The molecule has 33 heavy (non-hydrogen) atoms. The second-order valence-corrected chi connectivity index (χ2v) is 11.9. The van der Waals surface area contributed by atoms with E-state index >= 15 is 0 Å². The third-order valence-corrected chi connectivity index (χ3v) is 9.18. The van der Waals surface area contributed by atoms with Crippen molar-refractivity contribution in [2.45, 2.75) is 80.1 Å². The minimum absolute atomic E-state index is 0.0261. The lowest BCUT2D eigenvalue weighted by molar-refractivity contribution is 0.0962. The van der Waals surface area contributed by atoms with Crippen LogP contribution in [-0.4, -0.2) is 27.4 Å². The molecule has 3 aliphatic carbocycles. The van der Waals surface area contributed by atoms with Gasteiger partial charge in [0.15, 0.2) is 12.1 Å². The molecule has 0 spiro atoms. The molecule has 5 heteroatoms. The summed E-state index contributed by atoms with van der Waals surface area (Å²) in [5, 5.41) is 32.5. The van der Waals surface area contributed by atoms with E-state index in [9.17, 15) is 24.9 Å². The van der Waals surface area contributed by atoms with Gasteiger partial charge in [0.1, 0.15) is 22.8 Å². The van der Waals surface area contributed by atoms with E-state index in [2.05, 4.69) is 27.7 Å². The Morgan fingerprint density at radius 1 is 1.09 bits per heavy atom. The van der Waals surface area contributed by atoms with E-state index in [1.54, 1.807) is 5.57 Å². The summed E-state index contributed by atoms with van der Waals surface area (Å²) in [6.07, 6.45) is 5.01. The number of phenols is 3. The zero-order valence-corrected chi connectivity index (χ0v) is 20.8. The Hall–Kier alpha value is -2.30. The molecule has 3 N–H and O–H groups in total. The van der Waals surface area contributed by atoms with Crippen molar-refractivity contribution in [1.82, 2.24) is 0 Å². The first-order valence-electron chi connectivity index (χ1n) is 12.3. The highest BCUT2D eigenvalue weighted by molar-refractivity contribution is 6.05. The third kappa shape index (κ3) is 3.50. The van der Waals surface area contributed by atoms with Crippen molar-refractivity contribution in [3.05, 3.63) is 27.8 Å². The van der Waals surface area contributed by atoms with Crippen LogP contribution in [0.3, 0.4) is 0 Å². The number of phenolic OH excluding ortho intramolecular Hbond substituents is 3. The van der Waals surface area contributed by atoms with Gasteiger partial charge in [-0.15, -0.1) is 0 Å². The van der Waals surface area contributed by atoms with Crippen molar-refractivity contribution in [3.8, 4) is 17.2 Å². The number of hydrogen-bond acceptors (Lipinski definition) is 5. The summed E-state index contributed by atoms with van der Waals surface area (Å²) in [7, 11) is 0. The average Bonchev–Trinajstić information content (AvgIpc) is 3.26. The van der Waals surface area contributed by atoms with Crippen LogP contribution in [0, 0.1) is 34.5 Å². The lowest BCUT2D eigenvalue weighted by atomic mass is 9.57. The quantitative estimate of drug-likeness (QED) is 0.271. The number of rotatable bonds is 6. The predicted molar refractivity (Wildman–Crippen MR) is 128 cm³/mol. The number of carbonyl (C=O) groups excluding carboxylic acids is 2. The molecule has 0 unspecified atom stereocenters. The number of carbonyl (C=O) groups is 2. The first kappa shape index (κ1) is 23.8.